The number of rotatable bonds is 6. The van der Waals surface area contributed by atoms with Crippen LogP contribution in [0.15, 0.2) is 64.5 Å². The zero-order valence-electron chi connectivity index (χ0n) is 15.2. The van der Waals surface area contributed by atoms with E-state index in [1.807, 2.05) is 68.4 Å². The number of thioether (sulfide) groups is 1. The average molecular weight is 366 g/mol. The molecule has 0 unspecified atom stereocenters. The number of nitrogens with zero attached hydrogens (tertiary/aromatic N) is 2. The molecule has 0 bridgehead atoms. The smallest absolute Gasteiger partial charge is 0.257 e. The Morgan fingerprint density at radius 3 is 2.35 bits per heavy atom. The van der Waals surface area contributed by atoms with Crippen LogP contribution in [0.3, 0.4) is 0 Å². The van der Waals surface area contributed by atoms with E-state index in [0.29, 0.717) is 6.42 Å². The third-order valence-corrected chi connectivity index (χ3v) is 5.27. The van der Waals surface area contributed by atoms with Gasteiger partial charge in [0.15, 0.2) is 5.16 Å². The molecule has 134 valence electrons. The zero-order chi connectivity index (χ0) is 18.5. The number of benzene rings is 2. The maximum absolute atomic E-state index is 12.4. The third kappa shape index (κ3) is 4.17. The van der Waals surface area contributed by atoms with Crippen molar-refractivity contribution >= 4 is 11.8 Å². The summed E-state index contributed by atoms with van der Waals surface area (Å²) in [6.07, 6.45) is 0.708. The fraction of sp³-hybridized carbons (Fsp3) is 0.238. The normalized spacial score (nSPS) is 10.7. The highest BCUT2D eigenvalue weighted by atomic mass is 32.2. The summed E-state index contributed by atoms with van der Waals surface area (Å²) in [6.45, 7) is 3.89. The van der Waals surface area contributed by atoms with Crippen molar-refractivity contribution in [1.82, 2.24) is 9.55 Å². The van der Waals surface area contributed by atoms with Crippen LogP contribution in [0.4, 0.5) is 0 Å². The first-order valence-corrected chi connectivity index (χ1v) is 9.58. The number of aromatic nitrogens is 2. The number of para-hydroxylation sites is 1. The highest BCUT2D eigenvalue weighted by molar-refractivity contribution is 7.98. The topological polar surface area (TPSA) is 44.1 Å². The predicted octanol–water partition coefficient (Wildman–Crippen LogP) is 4.74. The van der Waals surface area contributed by atoms with Crippen molar-refractivity contribution in [3.63, 3.8) is 0 Å². The van der Waals surface area contributed by atoms with Gasteiger partial charge in [-0.3, -0.25) is 9.36 Å². The van der Waals surface area contributed by atoms with E-state index in [9.17, 15) is 4.79 Å². The van der Waals surface area contributed by atoms with Crippen LogP contribution in [0, 0.1) is 6.92 Å². The second-order valence-corrected chi connectivity index (χ2v) is 6.97. The Balaban J connectivity index is 1.68. The Bertz CT molecular complexity index is 935. The molecule has 0 spiro atoms. The summed E-state index contributed by atoms with van der Waals surface area (Å²) in [6, 6.07) is 17.7. The van der Waals surface area contributed by atoms with Crippen molar-refractivity contribution in [2.24, 2.45) is 7.05 Å². The van der Waals surface area contributed by atoms with E-state index in [2.05, 4.69) is 4.98 Å². The molecular weight excluding hydrogens is 344 g/mol. The monoisotopic (exact) mass is 366 g/mol. The van der Waals surface area contributed by atoms with Gasteiger partial charge in [-0.05, 0) is 43.2 Å². The van der Waals surface area contributed by atoms with Gasteiger partial charge in [-0.1, -0.05) is 49.0 Å². The largest absolute Gasteiger partial charge is 0.457 e. The molecule has 0 radical (unpaired) electrons. The van der Waals surface area contributed by atoms with E-state index in [4.69, 9.17) is 4.74 Å². The Morgan fingerprint density at radius 2 is 1.69 bits per heavy atom. The van der Waals surface area contributed by atoms with Crippen molar-refractivity contribution in [3.8, 4) is 11.5 Å². The van der Waals surface area contributed by atoms with E-state index in [1.54, 1.807) is 23.4 Å². The number of aryl methyl sites for hydroxylation is 1. The van der Waals surface area contributed by atoms with Crippen molar-refractivity contribution < 1.29 is 4.74 Å². The van der Waals surface area contributed by atoms with Gasteiger partial charge < -0.3 is 4.74 Å². The maximum atomic E-state index is 12.4. The molecule has 3 rings (SSSR count). The lowest BCUT2D eigenvalue weighted by molar-refractivity contribution is 0.482. The minimum atomic E-state index is 0.0501. The van der Waals surface area contributed by atoms with Crippen molar-refractivity contribution in [3.05, 3.63) is 81.8 Å². The Morgan fingerprint density at radius 1 is 1.04 bits per heavy atom. The van der Waals surface area contributed by atoms with Gasteiger partial charge in [0.2, 0.25) is 0 Å². The predicted molar refractivity (Wildman–Crippen MR) is 106 cm³/mol. The van der Waals surface area contributed by atoms with Gasteiger partial charge in [0.1, 0.15) is 11.5 Å². The summed E-state index contributed by atoms with van der Waals surface area (Å²) in [5, 5.41) is 0.745. The molecule has 0 saturated carbocycles. The Labute approximate surface area is 157 Å². The van der Waals surface area contributed by atoms with E-state index in [-0.39, 0.29) is 5.56 Å². The van der Waals surface area contributed by atoms with Crippen LogP contribution in [0.2, 0.25) is 0 Å². The average Bonchev–Trinajstić information content (AvgIpc) is 2.66. The van der Waals surface area contributed by atoms with Crippen LogP contribution in [-0.4, -0.2) is 9.55 Å². The lowest BCUT2D eigenvalue weighted by Gasteiger charge is -2.11. The van der Waals surface area contributed by atoms with Gasteiger partial charge >= 0.3 is 0 Å². The number of ether oxygens (including phenoxy) is 1. The summed E-state index contributed by atoms with van der Waals surface area (Å²) in [7, 11) is 1.78. The molecule has 1 heterocycles. The third-order valence-electron chi connectivity index (χ3n) is 4.17. The van der Waals surface area contributed by atoms with Gasteiger partial charge in [-0.15, -0.1) is 0 Å². The van der Waals surface area contributed by atoms with Gasteiger partial charge in [-0.2, -0.15) is 0 Å². The molecule has 4 nitrogen and oxygen atoms in total. The lowest BCUT2D eigenvalue weighted by Crippen LogP contribution is -2.25. The SMILES string of the molecule is CCc1c(C)nc(SCc2ccc(Oc3ccccc3)cc2)n(C)c1=O. The zero-order valence-corrected chi connectivity index (χ0v) is 16.0. The minimum absolute atomic E-state index is 0.0501. The molecule has 26 heavy (non-hydrogen) atoms. The number of hydrogen-bond donors (Lipinski definition) is 0. The summed E-state index contributed by atoms with van der Waals surface area (Å²) in [4.78, 5) is 17.0. The Hall–Kier alpha value is -2.53. The molecule has 0 N–H and O–H groups in total. The van der Waals surface area contributed by atoms with E-state index in [1.165, 1.54) is 0 Å². The van der Waals surface area contributed by atoms with Crippen LogP contribution in [-0.2, 0) is 19.2 Å². The van der Waals surface area contributed by atoms with E-state index >= 15 is 0 Å². The molecule has 3 aromatic rings. The van der Waals surface area contributed by atoms with Crippen LogP contribution in [0.1, 0.15) is 23.7 Å². The molecule has 0 atom stereocenters. The molecule has 0 fully saturated rings. The molecule has 0 aliphatic carbocycles. The number of hydrogen-bond acceptors (Lipinski definition) is 4. The standard InChI is InChI=1S/C21H22N2O2S/c1-4-19-15(2)22-21(23(3)20(19)24)26-14-16-10-12-18(13-11-16)25-17-8-6-5-7-9-17/h5-13H,4,14H2,1-3H3. The lowest BCUT2D eigenvalue weighted by atomic mass is 10.2. The molecule has 2 aromatic carbocycles. The molecule has 5 heteroatoms. The summed E-state index contributed by atoms with van der Waals surface area (Å²) >= 11 is 1.57. The van der Waals surface area contributed by atoms with Crippen molar-refractivity contribution in [2.75, 3.05) is 0 Å². The molecular formula is C21H22N2O2S. The molecule has 1 aromatic heterocycles. The van der Waals surface area contributed by atoms with Crippen LogP contribution >= 0.6 is 11.8 Å². The first-order valence-electron chi connectivity index (χ1n) is 8.59. The summed E-state index contributed by atoms with van der Waals surface area (Å²) in [5.74, 6) is 2.37. The fourth-order valence-corrected chi connectivity index (χ4v) is 3.66. The highest BCUT2D eigenvalue weighted by Crippen LogP contribution is 2.24. The summed E-state index contributed by atoms with van der Waals surface area (Å²) < 4.78 is 7.45. The van der Waals surface area contributed by atoms with Crippen LogP contribution in [0.25, 0.3) is 0 Å². The van der Waals surface area contributed by atoms with Gasteiger partial charge in [0.25, 0.3) is 5.56 Å². The van der Waals surface area contributed by atoms with Gasteiger partial charge in [0.05, 0.1) is 0 Å². The van der Waals surface area contributed by atoms with Gasteiger partial charge in [-0.25, -0.2) is 4.98 Å². The summed E-state index contributed by atoms with van der Waals surface area (Å²) in [5.41, 5.74) is 2.82. The van der Waals surface area contributed by atoms with E-state index in [0.717, 1.165) is 39.2 Å². The van der Waals surface area contributed by atoms with Crippen molar-refractivity contribution in [2.45, 2.75) is 31.2 Å². The molecule has 0 aliphatic heterocycles. The first-order chi connectivity index (χ1) is 12.6. The highest BCUT2D eigenvalue weighted by Gasteiger charge is 2.11. The van der Waals surface area contributed by atoms with Crippen LogP contribution in [0.5, 0.6) is 11.5 Å². The second-order valence-electron chi connectivity index (χ2n) is 6.02. The molecule has 0 aliphatic rings. The van der Waals surface area contributed by atoms with Crippen LogP contribution < -0.4 is 10.3 Å². The quantitative estimate of drug-likeness (QED) is 0.467. The molecule has 0 amide bonds. The first kappa shape index (κ1) is 18.3. The maximum Gasteiger partial charge on any atom is 0.257 e. The molecule has 0 saturated heterocycles. The minimum Gasteiger partial charge on any atom is -0.457 e. The second kappa shape index (κ2) is 8.23. The van der Waals surface area contributed by atoms with Gasteiger partial charge in [0, 0.05) is 24.1 Å². The van der Waals surface area contributed by atoms with Crippen molar-refractivity contribution in [1.29, 1.82) is 0 Å². The van der Waals surface area contributed by atoms with E-state index < -0.39 is 0 Å². The Kier molecular flexibility index (Phi) is 5.78. The fourth-order valence-electron chi connectivity index (χ4n) is 2.69.